The highest BCUT2D eigenvalue weighted by atomic mass is 16.4. The van der Waals surface area contributed by atoms with E-state index in [4.69, 9.17) is 9.22 Å². The molecule has 0 unspecified atom stereocenters. The van der Waals surface area contributed by atoms with Gasteiger partial charge in [-0.25, -0.2) is 15.6 Å². The normalized spacial score (nSPS) is 17.2. The van der Waals surface area contributed by atoms with E-state index < -0.39 is 13.1 Å². The van der Waals surface area contributed by atoms with E-state index in [2.05, 4.69) is 5.84 Å². The minimum absolute atomic E-state index is 0.229. The van der Waals surface area contributed by atoms with Crippen LogP contribution in [0.1, 0.15) is 4.11 Å². The minimum Gasteiger partial charge on any atom is -0.464 e. The van der Waals surface area contributed by atoms with E-state index in [1.165, 1.54) is 0 Å². The fourth-order valence-electron chi connectivity index (χ4n) is 0. The highest BCUT2D eigenvalue weighted by Crippen LogP contribution is 1.64. The lowest BCUT2D eigenvalue weighted by molar-refractivity contribution is 0.156. The van der Waals surface area contributed by atoms with Gasteiger partial charge in [-0.3, -0.25) is 0 Å². The van der Waals surface area contributed by atoms with Gasteiger partial charge in [0.1, 0.15) is 0 Å². The Morgan fingerprint density at radius 1 is 2.33 bits per heavy atom. The molecule has 0 aliphatic heterocycles. The molecule has 36 valence electrons. The zero-order valence-corrected chi connectivity index (χ0v) is 2.88. The van der Waals surface area contributed by atoms with Gasteiger partial charge in [0.05, 0.1) is 0 Å². The third-order valence-corrected chi connectivity index (χ3v) is 0.206. The smallest absolute Gasteiger partial charge is 0.421 e. The number of amides is 1. The summed E-state index contributed by atoms with van der Waals surface area (Å²) in [6.07, 6.45) is -1.67. The summed E-state index contributed by atoms with van der Waals surface area (Å²) in [5.74, 6) is 4.56. The Morgan fingerprint density at radius 3 is 2.83 bits per heavy atom. The quantitative estimate of drug-likeness (QED) is 0.240. The molecule has 0 aromatic heterocycles. The Balaban J connectivity index is 4.04. The van der Waals surface area contributed by atoms with Gasteiger partial charge < -0.3 is 5.11 Å². The van der Waals surface area contributed by atoms with Gasteiger partial charge >= 0.3 is 6.09 Å². The van der Waals surface area contributed by atoms with Crippen LogP contribution in [0.15, 0.2) is 0 Å². The molecule has 0 aliphatic rings. The summed E-state index contributed by atoms with van der Waals surface area (Å²) in [6.45, 7) is -2.76. The predicted molar refractivity (Wildman–Crippen MR) is 20.0 cm³/mol. The first-order chi connectivity index (χ1) is 3.85. The van der Waals surface area contributed by atoms with Crippen LogP contribution in [-0.4, -0.2) is 23.2 Å². The highest BCUT2D eigenvalue weighted by molar-refractivity contribution is 5.63. The Kier molecular flexibility index (Phi) is 0.481. The van der Waals surface area contributed by atoms with E-state index in [0.29, 0.717) is 0 Å². The van der Waals surface area contributed by atoms with Crippen molar-refractivity contribution >= 4 is 6.09 Å². The van der Waals surface area contributed by atoms with E-state index in [1.807, 2.05) is 0 Å². The van der Waals surface area contributed by atoms with E-state index in [9.17, 15) is 4.79 Å². The maximum Gasteiger partial charge on any atom is 0.421 e. The van der Waals surface area contributed by atoms with Crippen molar-refractivity contribution in [3.05, 3.63) is 0 Å². The van der Waals surface area contributed by atoms with Crippen molar-refractivity contribution in [2.24, 2.45) is 5.84 Å². The van der Waals surface area contributed by atoms with Crippen LogP contribution in [0, 0.1) is 0 Å². The average molecular weight is 93.1 g/mol. The lowest BCUT2D eigenvalue weighted by Gasteiger charge is -1.99. The Morgan fingerprint density at radius 2 is 2.83 bits per heavy atom. The van der Waals surface area contributed by atoms with Crippen LogP contribution in [0.25, 0.3) is 0 Å². The summed E-state index contributed by atoms with van der Waals surface area (Å²) in [7, 11) is 0. The third-order valence-electron chi connectivity index (χ3n) is 0.206. The molecule has 0 radical (unpaired) electrons. The summed E-state index contributed by atoms with van der Waals surface area (Å²) in [5.41, 5.74) is 0. The van der Waals surface area contributed by atoms with Crippen molar-refractivity contribution in [1.29, 1.82) is 0 Å². The summed E-state index contributed by atoms with van der Waals surface area (Å²) < 4.78 is 19.3. The van der Waals surface area contributed by atoms with Crippen LogP contribution in [-0.2, 0) is 0 Å². The second kappa shape index (κ2) is 1.61. The van der Waals surface area contributed by atoms with Crippen LogP contribution >= 0.6 is 0 Å². The number of hydrogen-bond acceptors (Lipinski definition) is 2. The molecule has 0 aromatic rings. The Hall–Kier alpha value is -0.770. The van der Waals surface area contributed by atoms with Gasteiger partial charge in [0.15, 0.2) is 0 Å². The number of hydrazine groups is 1. The zero-order chi connectivity index (χ0) is 7.65. The lowest BCUT2D eigenvalue weighted by atomic mass is 11.1. The van der Waals surface area contributed by atoms with Crippen LogP contribution in [0.5, 0.6) is 0 Å². The van der Waals surface area contributed by atoms with Crippen molar-refractivity contribution in [3.63, 3.8) is 0 Å². The molecule has 0 spiro atoms. The molecule has 4 nitrogen and oxygen atoms in total. The van der Waals surface area contributed by atoms with E-state index in [-0.39, 0.29) is 5.01 Å². The molecule has 4 heteroatoms. The molecule has 0 aromatic carbocycles. The number of carbonyl (C=O) groups is 1. The number of carboxylic acid groups (broad SMARTS) is 1. The number of hydrogen-bond donors (Lipinski definition) is 2. The van der Waals surface area contributed by atoms with E-state index >= 15 is 0 Å². The summed E-state index contributed by atoms with van der Waals surface area (Å²) in [4.78, 5) is 9.79. The largest absolute Gasteiger partial charge is 0.464 e. The molecule has 0 atom stereocenters. The lowest BCUT2D eigenvalue weighted by Crippen LogP contribution is -2.31. The SMILES string of the molecule is [2H]C([2H])([2H])N(N)C(=O)O. The minimum atomic E-state index is -2.76. The fraction of sp³-hybridized carbons (Fsp3) is 0.500. The van der Waals surface area contributed by atoms with Crippen LogP contribution in [0.4, 0.5) is 4.79 Å². The standard InChI is InChI=1S/C2H6N2O2/c1-4(3)2(5)6/h3H2,1H3,(H,5,6)/i1D3. The molecule has 0 aliphatic carbocycles. The first kappa shape index (κ1) is 1.79. The first-order valence-electron chi connectivity index (χ1n) is 2.63. The van der Waals surface area contributed by atoms with Crippen LogP contribution in [0.2, 0.25) is 0 Å². The number of rotatable bonds is 0. The molecular formula is C2H6N2O2. The van der Waals surface area contributed by atoms with Crippen molar-refractivity contribution < 1.29 is 14.0 Å². The second-order valence-corrected chi connectivity index (χ2v) is 0.653. The monoisotopic (exact) mass is 93.1 g/mol. The van der Waals surface area contributed by atoms with Gasteiger partial charge in [-0.1, -0.05) is 0 Å². The van der Waals surface area contributed by atoms with Gasteiger partial charge in [-0.05, 0) is 0 Å². The maximum absolute atomic E-state index is 9.79. The summed E-state index contributed by atoms with van der Waals surface area (Å²) in [6, 6.07) is 0. The molecule has 0 saturated heterocycles. The van der Waals surface area contributed by atoms with Crippen molar-refractivity contribution in [3.8, 4) is 0 Å². The highest BCUT2D eigenvalue weighted by Gasteiger charge is 1.92. The van der Waals surface area contributed by atoms with Gasteiger partial charge in [-0.15, -0.1) is 0 Å². The molecule has 0 bridgehead atoms. The van der Waals surface area contributed by atoms with E-state index in [1.54, 1.807) is 0 Å². The molecule has 0 heterocycles. The molecule has 0 saturated carbocycles. The van der Waals surface area contributed by atoms with Crippen molar-refractivity contribution in [2.75, 3.05) is 6.98 Å². The molecular weight excluding hydrogens is 84.0 g/mol. The summed E-state index contributed by atoms with van der Waals surface area (Å²) >= 11 is 0. The average Bonchev–Trinajstić information content (AvgIpc) is 1.62. The van der Waals surface area contributed by atoms with Crippen molar-refractivity contribution in [1.82, 2.24) is 5.01 Å². The first-order valence-corrected chi connectivity index (χ1v) is 1.13. The zero-order valence-electron chi connectivity index (χ0n) is 5.88. The molecule has 3 N–H and O–H groups in total. The third kappa shape index (κ3) is 1.54. The molecule has 0 fully saturated rings. The topological polar surface area (TPSA) is 66.6 Å². The molecule has 1 amide bonds. The van der Waals surface area contributed by atoms with Gasteiger partial charge in [0.25, 0.3) is 0 Å². The van der Waals surface area contributed by atoms with Gasteiger partial charge in [0.2, 0.25) is 0 Å². The second-order valence-electron chi connectivity index (χ2n) is 0.653. The summed E-state index contributed by atoms with van der Waals surface area (Å²) in [5, 5.41) is 7.73. The molecule has 6 heavy (non-hydrogen) atoms. The maximum atomic E-state index is 9.79. The van der Waals surface area contributed by atoms with Crippen LogP contribution < -0.4 is 5.84 Å². The Labute approximate surface area is 39.3 Å². The number of nitrogens with two attached hydrogens (primary N) is 1. The fourth-order valence-corrected chi connectivity index (χ4v) is 0. The van der Waals surface area contributed by atoms with Gasteiger partial charge in [0, 0.05) is 11.1 Å². The van der Waals surface area contributed by atoms with Crippen molar-refractivity contribution in [2.45, 2.75) is 0 Å². The predicted octanol–water partition coefficient (Wildman–Crippen LogP) is -0.530. The van der Waals surface area contributed by atoms with Gasteiger partial charge in [-0.2, -0.15) is 0 Å². The number of nitrogens with zero attached hydrogens (tertiary/aromatic N) is 1. The van der Waals surface area contributed by atoms with Crippen LogP contribution in [0.3, 0.4) is 0 Å². The Bertz CT molecular complexity index is 121. The molecule has 0 rings (SSSR count). The van der Waals surface area contributed by atoms with E-state index in [0.717, 1.165) is 0 Å².